The molecule has 0 spiro atoms. The molecule has 0 aliphatic rings. The maximum Gasteiger partial charge on any atom is 0.305 e. The Labute approximate surface area is 185 Å². The van der Waals surface area contributed by atoms with Crippen LogP contribution in [0.4, 0.5) is 0 Å². The molecule has 174 valence electrons. The molecule has 4 nitrogen and oxygen atoms in total. The molecular weight excluding hydrogens is 376 g/mol. The zero-order valence-corrected chi connectivity index (χ0v) is 19.4. The molecule has 0 rings (SSSR count). The van der Waals surface area contributed by atoms with Gasteiger partial charge >= 0.3 is 11.9 Å². The van der Waals surface area contributed by atoms with Crippen LogP contribution in [0.15, 0.2) is 24.3 Å². The molecule has 30 heavy (non-hydrogen) atoms. The zero-order valence-electron chi connectivity index (χ0n) is 19.4. The van der Waals surface area contributed by atoms with Gasteiger partial charge < -0.3 is 9.84 Å². The lowest BCUT2D eigenvalue weighted by Gasteiger charge is -2.04. The molecule has 0 aliphatic heterocycles. The summed E-state index contributed by atoms with van der Waals surface area (Å²) in [5.41, 5.74) is 0. The first-order chi connectivity index (χ1) is 14.7. The highest BCUT2D eigenvalue weighted by Crippen LogP contribution is 2.09. The van der Waals surface area contributed by atoms with Gasteiger partial charge in [-0.15, -0.1) is 0 Å². The fraction of sp³-hybridized carbons (Fsp3) is 0.769. The van der Waals surface area contributed by atoms with Crippen molar-refractivity contribution in [2.24, 2.45) is 0 Å². The number of hydrogen-bond acceptors (Lipinski definition) is 3. The lowest BCUT2D eigenvalue weighted by atomic mass is 10.1. The number of carboxylic acid groups (broad SMARTS) is 1. The normalized spacial score (nSPS) is 11.5. The molecule has 0 unspecified atom stereocenters. The first-order valence-corrected chi connectivity index (χ1v) is 12.3. The van der Waals surface area contributed by atoms with Gasteiger partial charge in [0.1, 0.15) is 0 Å². The molecule has 0 bridgehead atoms. The number of rotatable bonds is 22. The second-order valence-corrected chi connectivity index (χ2v) is 8.11. The fourth-order valence-electron chi connectivity index (χ4n) is 3.25. The molecule has 4 heteroatoms. The second-order valence-electron chi connectivity index (χ2n) is 8.11. The van der Waals surface area contributed by atoms with Crippen molar-refractivity contribution in [1.82, 2.24) is 0 Å². The summed E-state index contributed by atoms with van der Waals surface area (Å²) in [5.74, 6) is -0.714. The average Bonchev–Trinajstić information content (AvgIpc) is 2.72. The van der Waals surface area contributed by atoms with Crippen LogP contribution in [0, 0.1) is 0 Å². The monoisotopic (exact) mass is 422 g/mol. The third-order valence-corrected chi connectivity index (χ3v) is 5.13. The van der Waals surface area contributed by atoms with Crippen molar-refractivity contribution in [2.45, 2.75) is 122 Å². The Kier molecular flexibility index (Phi) is 22.4. The van der Waals surface area contributed by atoms with E-state index in [1.165, 1.54) is 32.1 Å². The van der Waals surface area contributed by atoms with Gasteiger partial charge in [0.05, 0.1) is 6.61 Å². The summed E-state index contributed by atoms with van der Waals surface area (Å²) in [4.78, 5) is 21.9. The van der Waals surface area contributed by atoms with E-state index in [1.807, 2.05) is 0 Å². The van der Waals surface area contributed by atoms with Crippen molar-refractivity contribution in [3.05, 3.63) is 24.3 Å². The summed E-state index contributed by atoms with van der Waals surface area (Å²) in [5, 5.41) is 8.57. The van der Waals surface area contributed by atoms with Gasteiger partial charge in [-0.2, -0.15) is 0 Å². The van der Waals surface area contributed by atoms with E-state index >= 15 is 0 Å². The van der Waals surface area contributed by atoms with Gasteiger partial charge in [-0.1, -0.05) is 82.6 Å². The van der Waals surface area contributed by atoms with Crippen LogP contribution in [-0.2, 0) is 14.3 Å². The van der Waals surface area contributed by atoms with Crippen molar-refractivity contribution in [2.75, 3.05) is 6.61 Å². The number of aliphatic carboxylic acids is 1. The summed E-state index contributed by atoms with van der Waals surface area (Å²) in [7, 11) is 0. The third kappa shape index (κ3) is 24.5. The van der Waals surface area contributed by atoms with E-state index in [9.17, 15) is 9.59 Å². The lowest BCUT2D eigenvalue weighted by Crippen LogP contribution is -2.05. The molecule has 0 aromatic heterocycles. The first kappa shape index (κ1) is 28.4. The topological polar surface area (TPSA) is 63.6 Å². The highest BCUT2D eigenvalue weighted by molar-refractivity contribution is 5.69. The van der Waals surface area contributed by atoms with Crippen LogP contribution in [0.25, 0.3) is 0 Å². The number of ether oxygens (including phenoxy) is 1. The van der Waals surface area contributed by atoms with Crippen LogP contribution in [0.5, 0.6) is 0 Å². The number of allylic oxidation sites excluding steroid dienone is 4. The smallest absolute Gasteiger partial charge is 0.305 e. The molecule has 0 saturated carbocycles. The predicted molar refractivity (Wildman–Crippen MR) is 126 cm³/mol. The van der Waals surface area contributed by atoms with Crippen molar-refractivity contribution in [3.63, 3.8) is 0 Å². The van der Waals surface area contributed by atoms with Gasteiger partial charge in [-0.05, 0) is 51.4 Å². The van der Waals surface area contributed by atoms with E-state index in [1.54, 1.807) is 0 Å². The van der Waals surface area contributed by atoms with E-state index < -0.39 is 5.97 Å². The predicted octanol–water partition coefficient (Wildman–Crippen LogP) is 7.77. The SMILES string of the molecule is CCCCCC(=O)OCCCCCCC/C=C\C/C=C\CCCCCCCC(=O)O. The summed E-state index contributed by atoms with van der Waals surface area (Å²) in [6.45, 7) is 2.72. The van der Waals surface area contributed by atoms with Gasteiger partial charge in [0.15, 0.2) is 0 Å². The number of carbonyl (C=O) groups is 2. The molecule has 0 fully saturated rings. The van der Waals surface area contributed by atoms with Crippen LogP contribution >= 0.6 is 0 Å². The summed E-state index contributed by atoms with van der Waals surface area (Å²) in [6.07, 6.45) is 27.6. The Morgan fingerprint density at radius 3 is 1.80 bits per heavy atom. The molecule has 0 amide bonds. The van der Waals surface area contributed by atoms with Crippen molar-refractivity contribution in [3.8, 4) is 0 Å². The van der Waals surface area contributed by atoms with Crippen LogP contribution in [-0.4, -0.2) is 23.7 Å². The van der Waals surface area contributed by atoms with Crippen molar-refractivity contribution < 1.29 is 19.4 Å². The number of esters is 1. The molecule has 0 saturated heterocycles. The summed E-state index contributed by atoms with van der Waals surface area (Å²) >= 11 is 0. The van der Waals surface area contributed by atoms with Crippen molar-refractivity contribution in [1.29, 1.82) is 0 Å². The number of hydrogen-bond donors (Lipinski definition) is 1. The molecule has 0 heterocycles. The molecule has 0 atom stereocenters. The van der Waals surface area contributed by atoms with E-state index in [2.05, 4.69) is 31.2 Å². The highest BCUT2D eigenvalue weighted by atomic mass is 16.5. The molecule has 0 aromatic rings. The molecule has 0 aromatic carbocycles. The Bertz CT molecular complexity index is 454. The van der Waals surface area contributed by atoms with Gasteiger partial charge in [0.2, 0.25) is 0 Å². The van der Waals surface area contributed by atoms with E-state index in [0.717, 1.165) is 70.6 Å². The quantitative estimate of drug-likeness (QED) is 0.110. The maximum absolute atomic E-state index is 11.5. The Morgan fingerprint density at radius 1 is 0.667 bits per heavy atom. The van der Waals surface area contributed by atoms with Crippen LogP contribution < -0.4 is 0 Å². The van der Waals surface area contributed by atoms with Crippen molar-refractivity contribution >= 4 is 11.9 Å². The maximum atomic E-state index is 11.5. The average molecular weight is 423 g/mol. The minimum Gasteiger partial charge on any atom is -0.481 e. The standard InChI is InChI=1S/C26H46O4/c1-2-3-19-23-26(29)30-24-21-18-16-14-12-10-8-6-4-5-7-9-11-13-15-17-20-22-25(27)28/h5-8H,2-4,9-24H2,1H3,(H,27,28)/b7-5-,8-6-. The number of carboxylic acids is 1. The molecule has 0 aliphatic carbocycles. The van der Waals surface area contributed by atoms with E-state index in [-0.39, 0.29) is 5.97 Å². The van der Waals surface area contributed by atoms with E-state index in [4.69, 9.17) is 9.84 Å². The van der Waals surface area contributed by atoms with Crippen LogP contribution in [0.2, 0.25) is 0 Å². The summed E-state index contributed by atoms with van der Waals surface area (Å²) < 4.78 is 5.25. The van der Waals surface area contributed by atoms with Crippen LogP contribution in [0.3, 0.4) is 0 Å². The lowest BCUT2D eigenvalue weighted by molar-refractivity contribution is -0.144. The van der Waals surface area contributed by atoms with Crippen LogP contribution in [0.1, 0.15) is 122 Å². The van der Waals surface area contributed by atoms with Gasteiger partial charge in [-0.3, -0.25) is 9.59 Å². The molecule has 0 radical (unpaired) electrons. The zero-order chi connectivity index (χ0) is 22.1. The molecular formula is C26H46O4. The Hall–Kier alpha value is -1.58. The Balaban J connectivity index is 3.25. The molecule has 1 N–H and O–H groups in total. The van der Waals surface area contributed by atoms with Gasteiger partial charge in [-0.25, -0.2) is 0 Å². The van der Waals surface area contributed by atoms with Gasteiger partial charge in [0, 0.05) is 12.8 Å². The largest absolute Gasteiger partial charge is 0.481 e. The first-order valence-electron chi connectivity index (χ1n) is 12.3. The number of carbonyl (C=O) groups excluding carboxylic acids is 1. The van der Waals surface area contributed by atoms with E-state index in [0.29, 0.717) is 19.4 Å². The fourth-order valence-corrected chi connectivity index (χ4v) is 3.25. The third-order valence-electron chi connectivity index (χ3n) is 5.13. The minimum absolute atomic E-state index is 0.0318. The van der Waals surface area contributed by atoms with Gasteiger partial charge in [0.25, 0.3) is 0 Å². The second kappa shape index (κ2) is 23.7. The summed E-state index contributed by atoms with van der Waals surface area (Å²) in [6, 6.07) is 0. The number of unbranched alkanes of at least 4 members (excludes halogenated alkanes) is 12. The Morgan fingerprint density at radius 2 is 1.20 bits per heavy atom. The minimum atomic E-state index is -0.682. The highest BCUT2D eigenvalue weighted by Gasteiger charge is 2.01.